The summed E-state index contributed by atoms with van der Waals surface area (Å²) >= 11 is 0. The summed E-state index contributed by atoms with van der Waals surface area (Å²) < 4.78 is 0. The number of ketones is 1. The number of carboxylic acids is 1. The third-order valence-corrected chi connectivity index (χ3v) is 1.65. The summed E-state index contributed by atoms with van der Waals surface area (Å²) in [6.45, 7) is 0.326. The number of carbonyl (C=O) groups excluding carboxylic acids is 1. The molecule has 1 heterocycles. The van der Waals surface area contributed by atoms with Crippen LogP contribution in [0.1, 0.15) is 6.42 Å². The van der Waals surface area contributed by atoms with Gasteiger partial charge >= 0.3 is 5.97 Å². The topological polar surface area (TPSA) is 86.6 Å². The maximum Gasteiger partial charge on any atom is 0.323 e. The van der Waals surface area contributed by atoms with E-state index in [1.54, 1.807) is 0 Å². The van der Waals surface area contributed by atoms with Gasteiger partial charge in [0.15, 0.2) is 5.78 Å². The molecule has 0 radical (unpaired) electrons. The summed E-state index contributed by atoms with van der Waals surface area (Å²) in [6, 6.07) is -1.13. The Morgan fingerprint density at radius 3 is 2.73 bits per heavy atom. The molecular weight excluding hydrogens is 150 g/mol. The van der Waals surface area contributed by atoms with Gasteiger partial charge < -0.3 is 15.5 Å². The quantitative estimate of drug-likeness (QED) is 0.427. The zero-order chi connectivity index (χ0) is 8.43. The van der Waals surface area contributed by atoms with E-state index in [0.29, 0.717) is 6.54 Å². The molecule has 5 nitrogen and oxygen atoms in total. The van der Waals surface area contributed by atoms with E-state index in [2.05, 4.69) is 5.32 Å². The predicted molar refractivity (Wildman–Crippen MR) is 35.1 cm³/mol. The molecule has 0 amide bonds. The minimum absolute atomic E-state index is 0.199. The molecule has 0 saturated carbocycles. The molecule has 0 bridgehead atoms. The Balaban J connectivity index is 2.65. The zero-order valence-corrected chi connectivity index (χ0v) is 5.78. The fourth-order valence-electron chi connectivity index (χ4n) is 1.02. The van der Waals surface area contributed by atoms with Gasteiger partial charge in [-0.25, -0.2) is 0 Å². The maximum atomic E-state index is 10.8. The number of piperidine rings is 1. The van der Waals surface area contributed by atoms with Crippen LogP contribution >= 0.6 is 0 Å². The lowest BCUT2D eigenvalue weighted by molar-refractivity contribution is -0.148. The molecule has 0 aliphatic carbocycles. The van der Waals surface area contributed by atoms with Crippen LogP contribution in [0.25, 0.3) is 0 Å². The van der Waals surface area contributed by atoms with Gasteiger partial charge in [0.1, 0.15) is 12.1 Å². The molecule has 0 aromatic carbocycles. The van der Waals surface area contributed by atoms with Gasteiger partial charge in [0.2, 0.25) is 0 Å². The first-order valence-corrected chi connectivity index (χ1v) is 3.30. The zero-order valence-electron chi connectivity index (χ0n) is 5.78. The molecule has 2 atom stereocenters. The number of carbonyl (C=O) groups is 2. The van der Waals surface area contributed by atoms with Crippen LogP contribution in [0.3, 0.4) is 0 Å². The van der Waals surface area contributed by atoms with Crippen molar-refractivity contribution in [2.75, 3.05) is 6.54 Å². The molecule has 5 heteroatoms. The number of aliphatic hydroxyl groups excluding tert-OH is 1. The molecule has 11 heavy (non-hydrogen) atoms. The molecule has 1 saturated heterocycles. The molecule has 0 aromatic heterocycles. The highest BCUT2D eigenvalue weighted by molar-refractivity contribution is 5.91. The van der Waals surface area contributed by atoms with Crippen LogP contribution < -0.4 is 5.32 Å². The number of hydrogen-bond donors (Lipinski definition) is 3. The highest BCUT2D eigenvalue weighted by Crippen LogP contribution is 2.04. The maximum absolute atomic E-state index is 10.8. The van der Waals surface area contributed by atoms with Crippen LogP contribution in [-0.4, -0.2) is 40.7 Å². The average molecular weight is 159 g/mol. The highest BCUT2D eigenvalue weighted by atomic mass is 16.4. The van der Waals surface area contributed by atoms with E-state index < -0.39 is 23.9 Å². The summed E-state index contributed by atoms with van der Waals surface area (Å²) in [5, 5.41) is 20.0. The van der Waals surface area contributed by atoms with Gasteiger partial charge in [-0.15, -0.1) is 0 Å². The fourth-order valence-corrected chi connectivity index (χ4v) is 1.02. The first-order chi connectivity index (χ1) is 5.13. The van der Waals surface area contributed by atoms with Crippen LogP contribution in [0.15, 0.2) is 0 Å². The molecule has 1 aliphatic heterocycles. The van der Waals surface area contributed by atoms with Crippen molar-refractivity contribution in [1.82, 2.24) is 5.32 Å². The Labute approximate surface area is 63.0 Å². The molecular formula is C6H9NO4. The van der Waals surface area contributed by atoms with Crippen molar-refractivity contribution in [3.05, 3.63) is 0 Å². The van der Waals surface area contributed by atoms with Crippen molar-refractivity contribution < 1.29 is 19.8 Å². The lowest BCUT2D eigenvalue weighted by Gasteiger charge is -2.23. The summed E-state index contributed by atoms with van der Waals surface area (Å²) in [4.78, 5) is 21.1. The van der Waals surface area contributed by atoms with Crippen LogP contribution in [0, 0.1) is 0 Å². The summed E-state index contributed by atoms with van der Waals surface area (Å²) in [6.07, 6.45) is -1.19. The molecule has 3 N–H and O–H groups in total. The second-order valence-electron chi connectivity index (χ2n) is 2.43. The van der Waals surface area contributed by atoms with Gasteiger partial charge in [-0.3, -0.25) is 9.59 Å². The molecule has 0 spiro atoms. The fraction of sp³-hybridized carbons (Fsp3) is 0.667. The van der Waals surface area contributed by atoms with Gasteiger partial charge in [-0.2, -0.15) is 0 Å². The van der Waals surface area contributed by atoms with E-state index in [1.165, 1.54) is 0 Å². The number of rotatable bonds is 1. The van der Waals surface area contributed by atoms with E-state index in [4.69, 9.17) is 10.2 Å². The van der Waals surface area contributed by atoms with Crippen molar-refractivity contribution in [3.8, 4) is 0 Å². The second kappa shape index (κ2) is 2.98. The van der Waals surface area contributed by atoms with Gasteiger partial charge in [-0.05, 0) is 0 Å². The first kappa shape index (κ1) is 8.16. The number of Topliss-reactive ketones (excluding diaryl/α,β-unsaturated/α-hetero) is 1. The number of carboxylic acid groups (broad SMARTS) is 1. The van der Waals surface area contributed by atoms with Gasteiger partial charge in [0.05, 0.1) is 0 Å². The smallest absolute Gasteiger partial charge is 0.323 e. The Hall–Kier alpha value is -0.940. The van der Waals surface area contributed by atoms with Crippen LogP contribution in [0.4, 0.5) is 0 Å². The number of hydrogen-bond acceptors (Lipinski definition) is 4. The highest BCUT2D eigenvalue weighted by Gasteiger charge is 2.34. The third-order valence-electron chi connectivity index (χ3n) is 1.65. The van der Waals surface area contributed by atoms with Gasteiger partial charge in [-0.1, -0.05) is 0 Å². The van der Waals surface area contributed by atoms with E-state index in [9.17, 15) is 9.59 Å². The molecule has 1 fully saturated rings. The van der Waals surface area contributed by atoms with Crippen LogP contribution in [0.5, 0.6) is 0 Å². The Morgan fingerprint density at radius 2 is 2.27 bits per heavy atom. The predicted octanol–water partition coefficient (Wildman–Crippen LogP) is -1.64. The number of aliphatic carboxylic acids is 1. The minimum atomic E-state index is -1.39. The van der Waals surface area contributed by atoms with E-state index in [0.717, 1.165) is 0 Å². The van der Waals surface area contributed by atoms with E-state index in [1.807, 2.05) is 0 Å². The van der Waals surface area contributed by atoms with Crippen LogP contribution in [0.2, 0.25) is 0 Å². The second-order valence-corrected chi connectivity index (χ2v) is 2.43. The Morgan fingerprint density at radius 1 is 1.64 bits per heavy atom. The summed E-state index contributed by atoms with van der Waals surface area (Å²) in [5.41, 5.74) is 0. The number of aliphatic hydroxyl groups is 1. The largest absolute Gasteiger partial charge is 0.480 e. The monoisotopic (exact) mass is 159 g/mol. The Kier molecular flexibility index (Phi) is 2.21. The summed E-state index contributed by atoms with van der Waals surface area (Å²) in [5.74, 6) is -1.60. The third kappa shape index (κ3) is 1.55. The first-order valence-electron chi connectivity index (χ1n) is 3.30. The lowest BCUT2D eigenvalue weighted by Crippen LogP contribution is -2.54. The molecule has 1 rings (SSSR count). The summed E-state index contributed by atoms with van der Waals surface area (Å²) in [7, 11) is 0. The SMILES string of the molecule is O=C1CCNC(C(=O)O)C1O. The average Bonchev–Trinajstić information content (AvgIpc) is 1.94. The van der Waals surface area contributed by atoms with Crippen molar-refractivity contribution in [3.63, 3.8) is 0 Å². The molecule has 62 valence electrons. The standard InChI is InChI=1S/C6H9NO4/c8-3-1-2-7-4(5(3)9)6(10)11/h4-5,7,9H,1-2H2,(H,10,11). The van der Waals surface area contributed by atoms with Crippen LogP contribution in [-0.2, 0) is 9.59 Å². The Bertz CT molecular complexity index is 191. The van der Waals surface area contributed by atoms with E-state index >= 15 is 0 Å². The molecule has 1 aliphatic rings. The lowest BCUT2D eigenvalue weighted by atomic mass is 10.0. The minimum Gasteiger partial charge on any atom is -0.480 e. The van der Waals surface area contributed by atoms with Crippen molar-refractivity contribution >= 4 is 11.8 Å². The van der Waals surface area contributed by atoms with Crippen molar-refractivity contribution in [2.45, 2.75) is 18.6 Å². The molecule has 2 unspecified atom stereocenters. The normalized spacial score (nSPS) is 31.9. The van der Waals surface area contributed by atoms with Crippen molar-refractivity contribution in [1.29, 1.82) is 0 Å². The van der Waals surface area contributed by atoms with Crippen molar-refractivity contribution in [2.24, 2.45) is 0 Å². The van der Waals surface area contributed by atoms with E-state index in [-0.39, 0.29) is 6.42 Å². The van der Waals surface area contributed by atoms with Gasteiger partial charge in [0, 0.05) is 13.0 Å². The van der Waals surface area contributed by atoms with Gasteiger partial charge in [0.25, 0.3) is 0 Å². The number of nitrogens with one attached hydrogen (secondary N) is 1. The molecule has 0 aromatic rings.